The van der Waals surface area contributed by atoms with Gasteiger partial charge in [0.05, 0.1) is 7.11 Å². The van der Waals surface area contributed by atoms with E-state index in [1.54, 1.807) is 6.07 Å². The third-order valence-electron chi connectivity index (χ3n) is 0.886. The van der Waals surface area contributed by atoms with Gasteiger partial charge in [0.1, 0.15) is 12.0 Å². The first-order chi connectivity index (χ1) is 4.33. The van der Waals surface area contributed by atoms with Gasteiger partial charge in [0.15, 0.2) is 0 Å². The third-order valence-corrected chi connectivity index (χ3v) is 0.886. The Labute approximate surface area is 60.5 Å². The van der Waals surface area contributed by atoms with Crippen LogP contribution >= 0.6 is 0 Å². The van der Waals surface area contributed by atoms with Crippen LogP contribution in [0.25, 0.3) is 0 Å². The topological polar surface area (TPSA) is 31.6 Å². The van der Waals surface area contributed by atoms with E-state index in [0.717, 1.165) is 5.76 Å². The van der Waals surface area contributed by atoms with Gasteiger partial charge in [-0.2, -0.15) is 4.89 Å². The molecule has 0 N–H and O–H groups in total. The molecule has 10 heavy (non-hydrogen) atoms. The van der Waals surface area contributed by atoms with Crippen LogP contribution in [0.15, 0.2) is 16.7 Å². The number of rotatable bonds is 2. The van der Waals surface area contributed by atoms with Crippen LogP contribution in [0, 0.1) is 6.92 Å². The first-order valence-corrected chi connectivity index (χ1v) is 2.58. The van der Waals surface area contributed by atoms with E-state index < -0.39 is 0 Å². The van der Waals surface area contributed by atoms with Gasteiger partial charge in [-0.3, -0.25) is 0 Å². The zero-order valence-corrected chi connectivity index (χ0v) is 5.38. The van der Waals surface area contributed by atoms with Crippen LogP contribution in [0.1, 0.15) is 13.2 Å². The molecule has 0 spiro atoms. The summed E-state index contributed by atoms with van der Waals surface area (Å²) < 4.78 is 4.91. The zero-order valence-electron chi connectivity index (χ0n) is 5.38. The Balaban J connectivity index is 0.000000810. The second-order valence-corrected chi connectivity index (χ2v) is 1.64. The Morgan fingerprint density at radius 1 is 1.50 bits per heavy atom. The third kappa shape index (κ3) is 2.11. The van der Waals surface area contributed by atoms with Crippen LogP contribution in [0.3, 0.4) is 0 Å². The molecule has 0 saturated carbocycles. The molecule has 3 nitrogen and oxygen atoms in total. The van der Waals surface area contributed by atoms with Gasteiger partial charge in [-0.05, 0) is 6.92 Å². The minimum atomic E-state index is 0. The molecular weight excluding hydrogens is 132 g/mol. The Hall–Kier alpha value is -0.960. The molecular formula is C7H12O3. The molecule has 0 aliphatic rings. The Kier molecular flexibility index (Phi) is 3.57. The monoisotopic (exact) mass is 144 g/mol. The molecule has 3 heteroatoms. The summed E-state index contributed by atoms with van der Waals surface area (Å²) in [4.78, 5) is 9.01. The summed E-state index contributed by atoms with van der Waals surface area (Å²) in [6.45, 7) is 1.84. The minimum Gasteiger partial charge on any atom is -0.465 e. The van der Waals surface area contributed by atoms with Crippen LogP contribution in [-0.2, 0) is 4.89 Å². The van der Waals surface area contributed by atoms with Crippen molar-refractivity contribution in [3.63, 3.8) is 0 Å². The van der Waals surface area contributed by atoms with Crippen LogP contribution < -0.4 is 4.89 Å². The highest BCUT2D eigenvalue weighted by Crippen LogP contribution is 2.13. The molecule has 0 aromatic carbocycles. The van der Waals surface area contributed by atoms with Crippen molar-refractivity contribution in [1.82, 2.24) is 0 Å². The highest BCUT2D eigenvalue weighted by atomic mass is 17.2. The van der Waals surface area contributed by atoms with Crippen molar-refractivity contribution in [3.05, 3.63) is 18.1 Å². The number of hydrogen-bond donors (Lipinski definition) is 0. The second-order valence-electron chi connectivity index (χ2n) is 1.64. The van der Waals surface area contributed by atoms with E-state index in [4.69, 9.17) is 4.42 Å². The lowest BCUT2D eigenvalue weighted by Gasteiger charge is -1.91. The average molecular weight is 144 g/mol. The van der Waals surface area contributed by atoms with Crippen LogP contribution in [0.5, 0.6) is 5.75 Å². The lowest BCUT2D eigenvalue weighted by Crippen LogP contribution is -1.86. The maximum Gasteiger partial charge on any atom is 0.203 e. The predicted molar refractivity (Wildman–Crippen MR) is 37.8 cm³/mol. The van der Waals surface area contributed by atoms with E-state index >= 15 is 0 Å². The van der Waals surface area contributed by atoms with E-state index in [1.165, 1.54) is 13.4 Å². The van der Waals surface area contributed by atoms with Gasteiger partial charge < -0.3 is 9.30 Å². The molecule has 1 aromatic heterocycles. The van der Waals surface area contributed by atoms with Crippen molar-refractivity contribution in [3.8, 4) is 5.75 Å². The Morgan fingerprint density at radius 3 is 2.60 bits per heavy atom. The SMILES string of the molecule is C.COOc1coc(C)c1. The van der Waals surface area contributed by atoms with Crippen molar-refractivity contribution in [2.75, 3.05) is 7.11 Å². The van der Waals surface area contributed by atoms with Gasteiger partial charge in [-0.15, -0.1) is 0 Å². The summed E-state index contributed by atoms with van der Waals surface area (Å²) in [6, 6.07) is 1.74. The molecule has 0 aliphatic heterocycles. The van der Waals surface area contributed by atoms with Gasteiger partial charge in [-0.25, -0.2) is 0 Å². The van der Waals surface area contributed by atoms with E-state index in [1.807, 2.05) is 6.92 Å². The molecule has 1 aromatic rings. The predicted octanol–water partition coefficient (Wildman–Crippen LogP) is 2.16. The number of aryl methyl sites for hydroxylation is 1. The van der Waals surface area contributed by atoms with Gasteiger partial charge in [0.25, 0.3) is 0 Å². The van der Waals surface area contributed by atoms with Crippen molar-refractivity contribution >= 4 is 0 Å². The standard InChI is InChI=1S/C6H8O3.CH4/c1-5-3-6(4-8-5)9-7-2;/h3-4H,1-2H3;1H4. The van der Waals surface area contributed by atoms with Crippen molar-refractivity contribution in [1.29, 1.82) is 0 Å². The molecule has 0 amide bonds. The summed E-state index contributed by atoms with van der Waals surface area (Å²) in [5.74, 6) is 1.40. The van der Waals surface area contributed by atoms with E-state index in [0.29, 0.717) is 5.75 Å². The van der Waals surface area contributed by atoms with Gasteiger partial charge in [-0.1, -0.05) is 7.43 Å². The molecule has 0 radical (unpaired) electrons. The molecule has 0 fully saturated rings. The summed E-state index contributed by atoms with van der Waals surface area (Å²) in [6.07, 6.45) is 1.48. The highest BCUT2D eigenvalue weighted by molar-refractivity contribution is 5.17. The molecule has 0 saturated heterocycles. The van der Waals surface area contributed by atoms with Gasteiger partial charge >= 0.3 is 0 Å². The maximum absolute atomic E-state index is 4.91. The fourth-order valence-corrected chi connectivity index (χ4v) is 0.559. The number of furan rings is 1. The first-order valence-electron chi connectivity index (χ1n) is 2.58. The summed E-state index contributed by atoms with van der Waals surface area (Å²) in [5.41, 5.74) is 0. The molecule has 0 atom stereocenters. The molecule has 0 bridgehead atoms. The van der Waals surface area contributed by atoms with Crippen molar-refractivity contribution in [2.24, 2.45) is 0 Å². The quantitative estimate of drug-likeness (QED) is 0.471. The zero-order chi connectivity index (χ0) is 6.69. The van der Waals surface area contributed by atoms with Gasteiger partial charge in [0.2, 0.25) is 5.75 Å². The van der Waals surface area contributed by atoms with Crippen LogP contribution in [0.4, 0.5) is 0 Å². The fourth-order valence-electron chi connectivity index (χ4n) is 0.559. The summed E-state index contributed by atoms with van der Waals surface area (Å²) in [5, 5.41) is 0. The van der Waals surface area contributed by atoms with E-state index in [-0.39, 0.29) is 7.43 Å². The van der Waals surface area contributed by atoms with Crippen LogP contribution in [-0.4, -0.2) is 7.11 Å². The Morgan fingerprint density at radius 2 is 2.20 bits per heavy atom. The average Bonchev–Trinajstić information content (AvgIpc) is 2.17. The lowest BCUT2D eigenvalue weighted by molar-refractivity contribution is -0.178. The fraction of sp³-hybridized carbons (Fsp3) is 0.429. The molecule has 58 valence electrons. The summed E-state index contributed by atoms with van der Waals surface area (Å²) >= 11 is 0. The molecule has 0 unspecified atom stereocenters. The number of hydrogen-bond acceptors (Lipinski definition) is 3. The normalized spacial score (nSPS) is 8.60. The van der Waals surface area contributed by atoms with Crippen LogP contribution in [0.2, 0.25) is 0 Å². The Bertz CT molecular complexity index is 181. The maximum atomic E-state index is 4.91. The highest BCUT2D eigenvalue weighted by Gasteiger charge is 1.96. The molecule has 1 heterocycles. The van der Waals surface area contributed by atoms with Gasteiger partial charge in [0, 0.05) is 6.07 Å². The van der Waals surface area contributed by atoms with Crippen molar-refractivity contribution in [2.45, 2.75) is 14.4 Å². The first kappa shape index (κ1) is 9.04. The minimum absolute atomic E-state index is 0. The van der Waals surface area contributed by atoms with E-state index in [9.17, 15) is 0 Å². The largest absolute Gasteiger partial charge is 0.465 e. The van der Waals surface area contributed by atoms with Crippen molar-refractivity contribution < 1.29 is 14.2 Å². The second kappa shape index (κ2) is 3.95. The van der Waals surface area contributed by atoms with E-state index in [2.05, 4.69) is 9.78 Å². The molecule has 0 aliphatic carbocycles. The smallest absolute Gasteiger partial charge is 0.203 e. The molecule has 1 rings (SSSR count). The summed E-state index contributed by atoms with van der Waals surface area (Å²) in [7, 11) is 1.45. The lowest BCUT2D eigenvalue weighted by atomic mass is 10.5.